The topological polar surface area (TPSA) is 78.6 Å². The largest absolute Gasteiger partial charge is 0.373 e. The van der Waals surface area contributed by atoms with Crippen LogP contribution in [0.25, 0.3) is 22.4 Å². The summed E-state index contributed by atoms with van der Waals surface area (Å²) >= 11 is 0. The predicted octanol–water partition coefficient (Wildman–Crippen LogP) is 6.89. The summed E-state index contributed by atoms with van der Waals surface area (Å²) in [7, 11) is 0. The molecule has 7 nitrogen and oxygen atoms in total. The lowest BCUT2D eigenvalue weighted by molar-refractivity contribution is 0.00396. The molecule has 2 unspecified atom stereocenters. The van der Waals surface area contributed by atoms with Crippen molar-refractivity contribution in [1.82, 2.24) is 29.7 Å². The van der Waals surface area contributed by atoms with Crippen molar-refractivity contribution in [3.8, 4) is 11.3 Å². The highest BCUT2D eigenvalue weighted by atomic mass is 19.1. The van der Waals surface area contributed by atoms with Gasteiger partial charge in [0.15, 0.2) is 5.65 Å². The molecule has 4 heterocycles. The molecular weight excluding hydrogens is 498 g/mol. The van der Waals surface area contributed by atoms with Crippen LogP contribution in [0, 0.1) is 18.6 Å². The van der Waals surface area contributed by atoms with Gasteiger partial charge in [0, 0.05) is 41.8 Å². The molecule has 0 spiro atoms. The van der Waals surface area contributed by atoms with Gasteiger partial charge < -0.3 is 4.74 Å². The molecule has 7 rings (SSSR count). The van der Waals surface area contributed by atoms with Gasteiger partial charge in [-0.1, -0.05) is 19.3 Å². The molecule has 0 amide bonds. The minimum atomic E-state index is -0.667. The molecule has 3 aliphatic rings. The van der Waals surface area contributed by atoms with E-state index in [0.29, 0.717) is 47.7 Å². The van der Waals surface area contributed by atoms with E-state index in [-0.39, 0.29) is 17.6 Å². The number of aryl methyl sites for hydroxylation is 1. The zero-order chi connectivity index (χ0) is 26.5. The Balaban J connectivity index is 1.30. The summed E-state index contributed by atoms with van der Waals surface area (Å²) in [4.78, 5) is 19.7. The first-order chi connectivity index (χ1) is 19.0. The van der Waals surface area contributed by atoms with Gasteiger partial charge in [0.2, 0.25) is 0 Å². The van der Waals surface area contributed by atoms with Gasteiger partial charge in [-0.2, -0.15) is 5.10 Å². The van der Waals surface area contributed by atoms with Crippen LogP contribution >= 0.6 is 0 Å². The molecule has 0 N–H and O–H groups in total. The molecular formula is C30H32F2N6O. The minimum Gasteiger partial charge on any atom is -0.373 e. The van der Waals surface area contributed by atoms with E-state index in [1.165, 1.54) is 44.2 Å². The molecule has 0 bridgehead atoms. The van der Waals surface area contributed by atoms with Crippen LogP contribution in [0.3, 0.4) is 0 Å². The highest BCUT2D eigenvalue weighted by Gasteiger charge is 2.31. The van der Waals surface area contributed by atoms with E-state index in [1.54, 1.807) is 0 Å². The molecule has 2 saturated carbocycles. The van der Waals surface area contributed by atoms with E-state index in [0.717, 1.165) is 42.3 Å². The summed E-state index contributed by atoms with van der Waals surface area (Å²) in [5.74, 6) is -0.365. The third-order valence-corrected chi connectivity index (χ3v) is 8.50. The maximum atomic E-state index is 15.2. The molecule has 39 heavy (non-hydrogen) atoms. The molecule has 4 aromatic rings. The second kappa shape index (κ2) is 10.0. The Morgan fingerprint density at radius 2 is 1.77 bits per heavy atom. The van der Waals surface area contributed by atoms with Crippen LogP contribution in [0.4, 0.5) is 8.78 Å². The van der Waals surface area contributed by atoms with Gasteiger partial charge in [-0.15, -0.1) is 0 Å². The highest BCUT2D eigenvalue weighted by Crippen LogP contribution is 2.40. The van der Waals surface area contributed by atoms with Crippen molar-refractivity contribution in [1.29, 1.82) is 0 Å². The Kier molecular flexibility index (Phi) is 6.34. The van der Waals surface area contributed by atoms with E-state index >= 15 is 4.39 Å². The lowest BCUT2D eigenvalue weighted by atomic mass is 9.86. The molecule has 1 aliphatic heterocycles. The number of halogens is 2. The Labute approximate surface area is 226 Å². The van der Waals surface area contributed by atoms with Crippen molar-refractivity contribution in [2.75, 3.05) is 6.61 Å². The normalized spacial score (nSPS) is 22.4. The number of fused-ring (bicyclic) bond motifs is 1. The van der Waals surface area contributed by atoms with Gasteiger partial charge in [-0.3, -0.25) is 4.68 Å². The number of aromatic nitrogens is 6. The monoisotopic (exact) mass is 530 g/mol. The van der Waals surface area contributed by atoms with E-state index in [4.69, 9.17) is 24.7 Å². The van der Waals surface area contributed by atoms with Crippen LogP contribution in [-0.2, 0) is 4.74 Å². The van der Waals surface area contributed by atoms with Crippen molar-refractivity contribution >= 4 is 11.2 Å². The van der Waals surface area contributed by atoms with Gasteiger partial charge >= 0.3 is 0 Å². The Morgan fingerprint density at radius 1 is 0.923 bits per heavy atom. The zero-order valence-corrected chi connectivity index (χ0v) is 22.1. The number of hydrogen-bond acceptors (Lipinski definition) is 6. The first kappa shape index (κ1) is 24.7. The van der Waals surface area contributed by atoms with E-state index in [1.807, 2.05) is 17.8 Å². The van der Waals surface area contributed by atoms with Crippen molar-refractivity contribution in [2.24, 2.45) is 0 Å². The fraction of sp³-hybridized carbons (Fsp3) is 0.500. The smallest absolute Gasteiger partial charge is 0.182 e. The van der Waals surface area contributed by atoms with Crippen LogP contribution < -0.4 is 0 Å². The fourth-order valence-corrected chi connectivity index (χ4v) is 6.19. The van der Waals surface area contributed by atoms with Crippen molar-refractivity contribution in [3.63, 3.8) is 0 Å². The van der Waals surface area contributed by atoms with Crippen molar-refractivity contribution in [3.05, 3.63) is 65.0 Å². The van der Waals surface area contributed by atoms with E-state index in [9.17, 15) is 4.39 Å². The van der Waals surface area contributed by atoms with Crippen LogP contribution in [0.15, 0.2) is 30.6 Å². The second-order valence-electron chi connectivity index (χ2n) is 11.3. The van der Waals surface area contributed by atoms with Crippen molar-refractivity contribution in [2.45, 2.75) is 88.7 Å². The maximum absolute atomic E-state index is 15.2. The molecule has 2 atom stereocenters. The summed E-state index contributed by atoms with van der Waals surface area (Å²) in [5, 5.41) is 4.53. The van der Waals surface area contributed by atoms with Gasteiger partial charge in [0.25, 0.3) is 0 Å². The van der Waals surface area contributed by atoms with Gasteiger partial charge in [-0.05, 0) is 57.6 Å². The standard InChI is InChI=1S/C30H32F2N6O/c1-17-26(18-5-3-2-4-6-18)35-28-27(23-10-7-21(31)14-24(23)32)36-29(37-30(28)34-17)19-11-12-39-25(13-19)20-15-33-38(16-20)22-8-9-22/h7,10,14-16,18-19,22,25H,2-6,8-9,11-13H2,1H3. The van der Waals surface area contributed by atoms with Crippen LogP contribution in [-0.4, -0.2) is 36.3 Å². The molecule has 0 radical (unpaired) electrons. The second-order valence-corrected chi connectivity index (χ2v) is 11.3. The molecule has 1 aromatic carbocycles. The predicted molar refractivity (Wildman–Crippen MR) is 142 cm³/mol. The lowest BCUT2D eigenvalue weighted by Gasteiger charge is -2.28. The van der Waals surface area contributed by atoms with Crippen LogP contribution in [0.5, 0.6) is 0 Å². The third-order valence-electron chi connectivity index (χ3n) is 8.50. The van der Waals surface area contributed by atoms with Gasteiger partial charge in [0.1, 0.15) is 28.7 Å². The first-order valence-corrected chi connectivity index (χ1v) is 14.2. The molecule has 9 heteroatoms. The van der Waals surface area contributed by atoms with Gasteiger partial charge in [0.05, 0.1) is 29.7 Å². The van der Waals surface area contributed by atoms with Crippen LogP contribution in [0.1, 0.15) is 105 Å². The number of rotatable bonds is 5. The fourth-order valence-electron chi connectivity index (χ4n) is 6.19. The van der Waals surface area contributed by atoms with Crippen molar-refractivity contribution < 1.29 is 13.5 Å². The first-order valence-electron chi connectivity index (χ1n) is 14.2. The average molecular weight is 531 g/mol. The SMILES string of the molecule is Cc1nc2nc(C3CCOC(c4cnn(C5CC5)c4)C3)nc(-c3ccc(F)cc3F)c2nc1C1CCCCC1. The van der Waals surface area contributed by atoms with E-state index < -0.39 is 11.6 Å². The summed E-state index contributed by atoms with van der Waals surface area (Å²) in [5.41, 5.74) is 4.40. The van der Waals surface area contributed by atoms with Gasteiger partial charge in [-0.25, -0.2) is 28.7 Å². The summed E-state index contributed by atoms with van der Waals surface area (Å²) in [6, 6.07) is 4.11. The minimum absolute atomic E-state index is 0.000174. The molecule has 2 aliphatic carbocycles. The Bertz CT molecular complexity index is 1530. The Morgan fingerprint density at radius 3 is 2.56 bits per heavy atom. The number of ether oxygens (including phenoxy) is 1. The summed E-state index contributed by atoms with van der Waals surface area (Å²) in [6.07, 6.45) is 13.4. The number of hydrogen-bond donors (Lipinski definition) is 0. The number of benzene rings is 1. The summed E-state index contributed by atoms with van der Waals surface area (Å²) < 4.78 is 37.2. The average Bonchev–Trinajstić information content (AvgIpc) is 3.69. The van der Waals surface area contributed by atoms with E-state index in [2.05, 4.69) is 11.3 Å². The zero-order valence-electron chi connectivity index (χ0n) is 22.1. The maximum Gasteiger partial charge on any atom is 0.182 e. The summed E-state index contributed by atoms with van der Waals surface area (Å²) in [6.45, 7) is 2.55. The molecule has 3 fully saturated rings. The Hall–Kier alpha value is -3.33. The molecule has 1 saturated heterocycles. The quantitative estimate of drug-likeness (QED) is 0.280. The van der Waals surface area contributed by atoms with Crippen LogP contribution in [0.2, 0.25) is 0 Å². The lowest BCUT2D eigenvalue weighted by Crippen LogP contribution is -2.21. The number of nitrogens with zero attached hydrogens (tertiary/aromatic N) is 6. The molecule has 3 aromatic heterocycles. The third kappa shape index (κ3) is 4.81. The molecule has 202 valence electrons. The highest BCUT2D eigenvalue weighted by molar-refractivity contribution is 5.87.